The number of amides is 1. The molecule has 0 spiro atoms. The highest BCUT2D eigenvalue weighted by molar-refractivity contribution is 7.99. The summed E-state index contributed by atoms with van der Waals surface area (Å²) in [5.74, 6) is 0.226. The molecule has 0 saturated heterocycles. The van der Waals surface area contributed by atoms with Gasteiger partial charge in [0.15, 0.2) is 5.16 Å². The third-order valence-electron chi connectivity index (χ3n) is 3.65. The molecule has 1 amide bonds. The molecule has 1 aromatic rings. The van der Waals surface area contributed by atoms with Crippen LogP contribution < -0.4 is 5.32 Å². The Hall–Kier alpha value is -1.48. The fourth-order valence-electron chi connectivity index (χ4n) is 2.53. The molecular weight excluding hydrogens is 272 g/mol. The maximum absolute atomic E-state index is 12.1. The van der Waals surface area contributed by atoms with E-state index in [9.17, 15) is 10.1 Å². The van der Waals surface area contributed by atoms with E-state index in [1.807, 2.05) is 17.7 Å². The standard InChI is InChI=1S/C14H20N4OS/c1-2-18-9-8-16-13(18)20-10-12(19)17-14(11-15)6-4-3-5-7-14/h8-9H,2-7,10H2,1H3,(H,17,19). The average Bonchev–Trinajstić information content (AvgIpc) is 2.93. The van der Waals surface area contributed by atoms with Gasteiger partial charge in [0.25, 0.3) is 0 Å². The predicted molar refractivity (Wildman–Crippen MR) is 78.2 cm³/mol. The number of hydrogen-bond acceptors (Lipinski definition) is 4. The van der Waals surface area contributed by atoms with Gasteiger partial charge in [0.2, 0.25) is 5.91 Å². The highest BCUT2D eigenvalue weighted by Crippen LogP contribution is 2.27. The number of nitrogens with one attached hydrogen (secondary N) is 1. The lowest BCUT2D eigenvalue weighted by Gasteiger charge is -2.31. The largest absolute Gasteiger partial charge is 0.337 e. The topological polar surface area (TPSA) is 70.7 Å². The smallest absolute Gasteiger partial charge is 0.231 e. The Morgan fingerprint density at radius 2 is 2.30 bits per heavy atom. The van der Waals surface area contributed by atoms with E-state index in [0.717, 1.165) is 43.8 Å². The lowest BCUT2D eigenvalue weighted by atomic mass is 9.83. The third-order valence-corrected chi connectivity index (χ3v) is 4.65. The van der Waals surface area contributed by atoms with Crippen LogP contribution in [0.15, 0.2) is 17.6 Å². The summed E-state index contributed by atoms with van der Waals surface area (Å²) in [5.41, 5.74) is -0.643. The molecule has 1 N–H and O–H groups in total. The van der Waals surface area contributed by atoms with Crippen molar-refractivity contribution in [1.82, 2.24) is 14.9 Å². The number of imidazole rings is 1. The molecule has 0 atom stereocenters. The van der Waals surface area contributed by atoms with E-state index < -0.39 is 5.54 Å². The van der Waals surface area contributed by atoms with Gasteiger partial charge in [0.05, 0.1) is 11.8 Å². The molecule has 6 heteroatoms. The van der Waals surface area contributed by atoms with Crippen molar-refractivity contribution < 1.29 is 4.79 Å². The van der Waals surface area contributed by atoms with Crippen molar-refractivity contribution in [2.24, 2.45) is 0 Å². The summed E-state index contributed by atoms with van der Waals surface area (Å²) in [4.78, 5) is 16.3. The Balaban J connectivity index is 1.87. The Morgan fingerprint density at radius 1 is 1.55 bits per heavy atom. The summed E-state index contributed by atoms with van der Waals surface area (Å²) in [6.07, 6.45) is 8.36. The van der Waals surface area contributed by atoms with Crippen molar-refractivity contribution >= 4 is 17.7 Å². The zero-order valence-electron chi connectivity index (χ0n) is 11.8. The van der Waals surface area contributed by atoms with Gasteiger partial charge < -0.3 is 9.88 Å². The monoisotopic (exact) mass is 292 g/mol. The molecule has 2 rings (SSSR count). The highest BCUT2D eigenvalue weighted by atomic mass is 32.2. The maximum Gasteiger partial charge on any atom is 0.231 e. The number of aryl methyl sites for hydroxylation is 1. The SMILES string of the molecule is CCn1ccnc1SCC(=O)NC1(C#N)CCCCC1. The van der Waals surface area contributed by atoms with Crippen LogP contribution in [0.5, 0.6) is 0 Å². The summed E-state index contributed by atoms with van der Waals surface area (Å²) >= 11 is 1.41. The molecule has 0 aromatic carbocycles. The van der Waals surface area contributed by atoms with Gasteiger partial charge in [-0.25, -0.2) is 4.98 Å². The second-order valence-corrected chi connectivity index (χ2v) is 6.03. The van der Waals surface area contributed by atoms with Gasteiger partial charge in [-0.05, 0) is 19.8 Å². The van der Waals surface area contributed by atoms with E-state index in [1.54, 1.807) is 6.20 Å². The normalized spacial score (nSPS) is 17.4. The van der Waals surface area contributed by atoms with Gasteiger partial charge in [0, 0.05) is 18.9 Å². The van der Waals surface area contributed by atoms with Crippen LogP contribution >= 0.6 is 11.8 Å². The minimum Gasteiger partial charge on any atom is -0.337 e. The van der Waals surface area contributed by atoms with Crippen LogP contribution in [0.3, 0.4) is 0 Å². The lowest BCUT2D eigenvalue weighted by Crippen LogP contribution is -2.49. The van der Waals surface area contributed by atoms with Gasteiger partial charge in [-0.2, -0.15) is 5.26 Å². The molecule has 108 valence electrons. The van der Waals surface area contributed by atoms with E-state index in [4.69, 9.17) is 0 Å². The molecule has 0 aliphatic heterocycles. The summed E-state index contributed by atoms with van der Waals surface area (Å²) in [6, 6.07) is 2.30. The van der Waals surface area contributed by atoms with Crippen LogP contribution in [0.2, 0.25) is 0 Å². The number of carbonyl (C=O) groups is 1. The average molecular weight is 292 g/mol. The lowest BCUT2D eigenvalue weighted by molar-refractivity contribution is -0.120. The van der Waals surface area contributed by atoms with Crippen molar-refractivity contribution in [3.05, 3.63) is 12.4 Å². The Bertz CT molecular complexity index is 500. The summed E-state index contributed by atoms with van der Waals surface area (Å²) < 4.78 is 2.00. The zero-order valence-corrected chi connectivity index (χ0v) is 12.6. The number of carbonyl (C=O) groups excluding carboxylic acids is 1. The first kappa shape index (κ1) is 14.9. The number of aromatic nitrogens is 2. The molecule has 1 aliphatic carbocycles. The van der Waals surface area contributed by atoms with Crippen molar-refractivity contribution in [3.63, 3.8) is 0 Å². The number of nitriles is 1. The molecule has 0 bridgehead atoms. The number of nitrogens with zero attached hydrogens (tertiary/aromatic N) is 3. The third kappa shape index (κ3) is 3.54. The Kier molecular flexibility index (Phi) is 5.07. The summed E-state index contributed by atoms with van der Waals surface area (Å²) in [6.45, 7) is 2.88. The molecule has 5 nitrogen and oxygen atoms in total. The molecule has 1 heterocycles. The van der Waals surface area contributed by atoms with Crippen molar-refractivity contribution in [2.45, 2.75) is 56.3 Å². The fraction of sp³-hybridized carbons (Fsp3) is 0.643. The summed E-state index contributed by atoms with van der Waals surface area (Å²) in [5, 5.41) is 13.1. The molecule has 1 fully saturated rings. The fourth-order valence-corrected chi connectivity index (χ4v) is 3.35. The second kappa shape index (κ2) is 6.80. The van der Waals surface area contributed by atoms with Crippen LogP contribution in [0.1, 0.15) is 39.0 Å². The van der Waals surface area contributed by atoms with Gasteiger partial charge in [-0.3, -0.25) is 4.79 Å². The molecule has 0 radical (unpaired) electrons. The maximum atomic E-state index is 12.1. The van der Waals surface area contributed by atoms with Crippen LogP contribution in [-0.2, 0) is 11.3 Å². The molecule has 1 aromatic heterocycles. The summed E-state index contributed by atoms with van der Waals surface area (Å²) in [7, 11) is 0. The quantitative estimate of drug-likeness (QED) is 0.846. The van der Waals surface area contributed by atoms with Crippen LogP contribution in [0, 0.1) is 11.3 Å². The number of thioether (sulfide) groups is 1. The first-order valence-corrected chi connectivity index (χ1v) is 8.04. The first-order chi connectivity index (χ1) is 9.69. The second-order valence-electron chi connectivity index (χ2n) is 5.09. The van der Waals surface area contributed by atoms with E-state index in [2.05, 4.69) is 16.4 Å². The molecule has 1 saturated carbocycles. The van der Waals surface area contributed by atoms with Crippen LogP contribution in [0.4, 0.5) is 0 Å². The van der Waals surface area contributed by atoms with E-state index in [0.29, 0.717) is 5.75 Å². The van der Waals surface area contributed by atoms with Gasteiger partial charge in [-0.15, -0.1) is 0 Å². The van der Waals surface area contributed by atoms with E-state index in [-0.39, 0.29) is 5.91 Å². The highest BCUT2D eigenvalue weighted by Gasteiger charge is 2.33. The number of hydrogen-bond donors (Lipinski definition) is 1. The number of rotatable bonds is 5. The predicted octanol–water partition coefficient (Wildman–Crippen LogP) is 2.34. The molecular formula is C14H20N4OS. The van der Waals surface area contributed by atoms with Crippen LogP contribution in [0.25, 0.3) is 0 Å². The van der Waals surface area contributed by atoms with Gasteiger partial charge in [0.1, 0.15) is 5.54 Å². The van der Waals surface area contributed by atoms with Crippen molar-refractivity contribution in [2.75, 3.05) is 5.75 Å². The Labute approximate surface area is 123 Å². The van der Waals surface area contributed by atoms with Gasteiger partial charge in [-0.1, -0.05) is 31.0 Å². The first-order valence-electron chi connectivity index (χ1n) is 7.05. The molecule has 0 unspecified atom stereocenters. The minimum atomic E-state index is -0.643. The molecule has 20 heavy (non-hydrogen) atoms. The minimum absolute atomic E-state index is 0.0795. The Morgan fingerprint density at radius 3 is 2.95 bits per heavy atom. The van der Waals surface area contributed by atoms with Gasteiger partial charge >= 0.3 is 0 Å². The zero-order chi connectivity index (χ0) is 14.4. The van der Waals surface area contributed by atoms with E-state index >= 15 is 0 Å². The van der Waals surface area contributed by atoms with E-state index in [1.165, 1.54) is 11.8 Å². The van der Waals surface area contributed by atoms with Crippen molar-refractivity contribution in [3.8, 4) is 6.07 Å². The van der Waals surface area contributed by atoms with Crippen molar-refractivity contribution in [1.29, 1.82) is 5.26 Å². The van der Waals surface area contributed by atoms with Crippen LogP contribution in [-0.4, -0.2) is 26.8 Å². The molecule has 1 aliphatic rings.